The van der Waals surface area contributed by atoms with Crippen LogP contribution < -0.4 is 20.1 Å². The number of urea groups is 1. The number of nitrogens with zero attached hydrogens (tertiary/aromatic N) is 1. The van der Waals surface area contributed by atoms with Gasteiger partial charge in [0.25, 0.3) is 0 Å². The normalized spacial score (nSPS) is 12.8. The predicted octanol–water partition coefficient (Wildman–Crippen LogP) is 4.14. The molecule has 7 nitrogen and oxygen atoms in total. The second kappa shape index (κ2) is 9.04. The van der Waals surface area contributed by atoms with E-state index in [-0.39, 0.29) is 5.75 Å². The van der Waals surface area contributed by atoms with Crippen molar-refractivity contribution in [2.24, 2.45) is 0 Å². The fraction of sp³-hybridized carbons (Fsp3) is 0.227. The lowest BCUT2D eigenvalue weighted by Gasteiger charge is -2.11. The van der Waals surface area contributed by atoms with E-state index in [0.717, 1.165) is 27.9 Å². The van der Waals surface area contributed by atoms with Crippen molar-refractivity contribution >= 4 is 40.3 Å². The highest BCUT2D eigenvalue weighted by molar-refractivity contribution is 7.99. The number of hydrogen-bond acceptors (Lipinski definition) is 6. The molecule has 0 unspecified atom stereocenters. The standard InChI is InChI=1S/C22H21N3O4S/c1-14-11-21(24-17-6-3-2-5-16(14)17)30-13-20(26)25-22(27)23-15-7-8-18-19(12-15)29-10-4-9-28-18/h2-3,5-8,11-12H,4,9-10,13H2,1H3,(H2,23,25,26,27). The first-order chi connectivity index (χ1) is 14.6. The molecule has 3 aromatic rings. The van der Waals surface area contributed by atoms with Gasteiger partial charge in [-0.1, -0.05) is 30.0 Å². The second-order valence-electron chi connectivity index (χ2n) is 6.80. The van der Waals surface area contributed by atoms with E-state index >= 15 is 0 Å². The monoisotopic (exact) mass is 423 g/mol. The molecule has 0 radical (unpaired) electrons. The number of thioether (sulfide) groups is 1. The van der Waals surface area contributed by atoms with Gasteiger partial charge >= 0.3 is 6.03 Å². The molecule has 0 atom stereocenters. The highest BCUT2D eigenvalue weighted by Gasteiger charge is 2.14. The molecule has 30 heavy (non-hydrogen) atoms. The summed E-state index contributed by atoms with van der Waals surface area (Å²) in [6, 6.07) is 14.3. The molecule has 2 N–H and O–H groups in total. The Bertz CT molecular complexity index is 1100. The Labute approximate surface area is 178 Å². The molecule has 1 aromatic heterocycles. The zero-order valence-corrected chi connectivity index (χ0v) is 17.3. The minimum atomic E-state index is -0.599. The van der Waals surface area contributed by atoms with E-state index in [9.17, 15) is 9.59 Å². The highest BCUT2D eigenvalue weighted by Crippen LogP contribution is 2.32. The zero-order chi connectivity index (χ0) is 20.9. The molecular weight excluding hydrogens is 402 g/mol. The maximum absolute atomic E-state index is 12.2. The van der Waals surface area contributed by atoms with Crippen LogP contribution in [0.1, 0.15) is 12.0 Å². The van der Waals surface area contributed by atoms with Gasteiger partial charge in [-0.15, -0.1) is 0 Å². The van der Waals surface area contributed by atoms with Crippen LogP contribution in [-0.4, -0.2) is 35.9 Å². The Balaban J connectivity index is 1.32. The number of pyridine rings is 1. The molecule has 0 saturated carbocycles. The minimum Gasteiger partial charge on any atom is -0.490 e. The quantitative estimate of drug-likeness (QED) is 0.613. The minimum absolute atomic E-state index is 0.0827. The van der Waals surface area contributed by atoms with Crippen LogP contribution in [0.2, 0.25) is 0 Å². The number of rotatable bonds is 4. The van der Waals surface area contributed by atoms with E-state index in [2.05, 4.69) is 15.6 Å². The Morgan fingerprint density at radius 1 is 1.07 bits per heavy atom. The van der Waals surface area contributed by atoms with Crippen molar-refractivity contribution < 1.29 is 19.1 Å². The first kappa shape index (κ1) is 20.0. The topological polar surface area (TPSA) is 89.6 Å². The number of aryl methyl sites for hydroxylation is 1. The maximum Gasteiger partial charge on any atom is 0.325 e. The third-order valence-corrected chi connectivity index (χ3v) is 5.42. The van der Waals surface area contributed by atoms with Crippen molar-refractivity contribution in [2.45, 2.75) is 18.4 Å². The SMILES string of the molecule is Cc1cc(SCC(=O)NC(=O)Nc2ccc3c(c2)OCCCO3)nc2ccccc12. The second-order valence-corrected chi connectivity index (χ2v) is 7.79. The molecule has 2 aromatic carbocycles. The average Bonchev–Trinajstić information content (AvgIpc) is 2.97. The summed E-state index contributed by atoms with van der Waals surface area (Å²) in [5, 5.41) is 6.80. The number of ether oxygens (including phenoxy) is 2. The lowest BCUT2D eigenvalue weighted by molar-refractivity contribution is -0.117. The van der Waals surface area contributed by atoms with Gasteiger partial charge in [-0.2, -0.15) is 0 Å². The number of aromatic nitrogens is 1. The number of para-hydroxylation sites is 1. The summed E-state index contributed by atoms with van der Waals surface area (Å²) in [5.74, 6) is 0.896. The molecule has 1 aliphatic heterocycles. The summed E-state index contributed by atoms with van der Waals surface area (Å²) in [6.07, 6.45) is 0.801. The molecule has 0 spiro atoms. The van der Waals surface area contributed by atoms with E-state index in [0.29, 0.717) is 30.4 Å². The van der Waals surface area contributed by atoms with Gasteiger partial charge in [0.1, 0.15) is 0 Å². The van der Waals surface area contributed by atoms with Crippen LogP contribution in [-0.2, 0) is 4.79 Å². The first-order valence-electron chi connectivity index (χ1n) is 9.58. The number of anilines is 1. The molecule has 0 saturated heterocycles. The summed E-state index contributed by atoms with van der Waals surface area (Å²) in [6.45, 7) is 3.16. The van der Waals surface area contributed by atoms with Crippen LogP contribution in [0, 0.1) is 6.92 Å². The molecule has 3 amide bonds. The van der Waals surface area contributed by atoms with Gasteiger partial charge in [-0.05, 0) is 36.8 Å². The Morgan fingerprint density at radius 3 is 2.73 bits per heavy atom. The van der Waals surface area contributed by atoms with Crippen LogP contribution in [0.3, 0.4) is 0 Å². The van der Waals surface area contributed by atoms with Gasteiger partial charge in [-0.3, -0.25) is 10.1 Å². The molecular formula is C22H21N3O4S. The van der Waals surface area contributed by atoms with Crippen LogP contribution >= 0.6 is 11.8 Å². The number of fused-ring (bicyclic) bond motifs is 2. The molecule has 0 aliphatic carbocycles. The van der Waals surface area contributed by atoms with E-state index in [1.165, 1.54) is 11.8 Å². The predicted molar refractivity (Wildman–Crippen MR) is 116 cm³/mol. The van der Waals surface area contributed by atoms with Crippen molar-refractivity contribution in [3.8, 4) is 11.5 Å². The van der Waals surface area contributed by atoms with Gasteiger partial charge < -0.3 is 14.8 Å². The number of nitrogens with one attached hydrogen (secondary N) is 2. The number of carbonyl (C=O) groups excluding carboxylic acids is 2. The summed E-state index contributed by atoms with van der Waals surface area (Å²) in [4.78, 5) is 28.9. The smallest absolute Gasteiger partial charge is 0.325 e. The van der Waals surface area contributed by atoms with Gasteiger partial charge in [0.15, 0.2) is 11.5 Å². The Morgan fingerprint density at radius 2 is 1.87 bits per heavy atom. The lowest BCUT2D eigenvalue weighted by Crippen LogP contribution is -2.35. The van der Waals surface area contributed by atoms with Crippen molar-refractivity contribution in [3.63, 3.8) is 0 Å². The van der Waals surface area contributed by atoms with E-state index < -0.39 is 11.9 Å². The third kappa shape index (κ3) is 4.83. The fourth-order valence-electron chi connectivity index (χ4n) is 3.10. The van der Waals surface area contributed by atoms with E-state index in [1.54, 1.807) is 18.2 Å². The van der Waals surface area contributed by atoms with Crippen LogP contribution in [0.5, 0.6) is 11.5 Å². The third-order valence-electron chi connectivity index (χ3n) is 4.51. The zero-order valence-electron chi connectivity index (χ0n) is 16.4. The number of amides is 3. The Hall–Kier alpha value is -3.26. The van der Waals surface area contributed by atoms with Crippen molar-refractivity contribution in [1.29, 1.82) is 0 Å². The van der Waals surface area contributed by atoms with Crippen molar-refractivity contribution in [2.75, 3.05) is 24.3 Å². The van der Waals surface area contributed by atoms with E-state index in [1.807, 2.05) is 37.3 Å². The molecule has 154 valence electrons. The van der Waals surface area contributed by atoms with Gasteiger partial charge in [-0.25, -0.2) is 9.78 Å². The fourth-order valence-corrected chi connectivity index (χ4v) is 3.87. The number of benzene rings is 2. The molecule has 1 aliphatic rings. The summed E-state index contributed by atoms with van der Waals surface area (Å²) in [5.41, 5.74) is 2.49. The molecule has 0 bridgehead atoms. The number of hydrogen-bond donors (Lipinski definition) is 2. The van der Waals surface area contributed by atoms with Crippen molar-refractivity contribution in [3.05, 3.63) is 54.1 Å². The van der Waals surface area contributed by atoms with E-state index in [4.69, 9.17) is 9.47 Å². The highest BCUT2D eigenvalue weighted by atomic mass is 32.2. The molecule has 4 rings (SSSR count). The molecule has 2 heterocycles. The summed E-state index contributed by atoms with van der Waals surface area (Å²) in [7, 11) is 0. The van der Waals surface area contributed by atoms with Crippen LogP contribution in [0.4, 0.5) is 10.5 Å². The average molecular weight is 423 g/mol. The van der Waals surface area contributed by atoms with Gasteiger partial charge in [0.2, 0.25) is 5.91 Å². The van der Waals surface area contributed by atoms with Crippen LogP contribution in [0.25, 0.3) is 10.9 Å². The van der Waals surface area contributed by atoms with Crippen LogP contribution in [0.15, 0.2) is 53.6 Å². The first-order valence-corrected chi connectivity index (χ1v) is 10.6. The largest absolute Gasteiger partial charge is 0.490 e. The van der Waals surface area contributed by atoms with Gasteiger partial charge in [0, 0.05) is 23.6 Å². The number of carbonyl (C=O) groups is 2. The molecule has 0 fully saturated rings. The summed E-state index contributed by atoms with van der Waals surface area (Å²) >= 11 is 1.29. The maximum atomic E-state index is 12.2. The van der Waals surface area contributed by atoms with Crippen molar-refractivity contribution in [1.82, 2.24) is 10.3 Å². The summed E-state index contributed by atoms with van der Waals surface area (Å²) < 4.78 is 11.2. The lowest BCUT2D eigenvalue weighted by atomic mass is 10.1. The van der Waals surface area contributed by atoms with Gasteiger partial charge in [0.05, 0.1) is 29.5 Å². The Kier molecular flexibility index (Phi) is 6.04. The molecule has 8 heteroatoms. The number of imide groups is 1.